The van der Waals surface area contributed by atoms with Gasteiger partial charge in [-0.2, -0.15) is 0 Å². The minimum Gasteiger partial charge on any atom is -0.298 e. The number of carbonyl (C=O) groups is 1. The summed E-state index contributed by atoms with van der Waals surface area (Å²) in [5.74, 6) is -0.198. The number of pyridine rings is 1. The number of benzene rings is 2. The Balaban J connectivity index is 1.56. The van der Waals surface area contributed by atoms with Crippen molar-refractivity contribution in [2.45, 2.75) is 5.03 Å². The number of aromatic nitrogens is 2. The SMILES string of the molecule is CSc1ncccc1C(=O)Nc1nc(-c2cccc(-c3ccccc3)c2)cs1. The monoisotopic (exact) mass is 403 g/mol. The first-order chi connectivity index (χ1) is 13.7. The Hall–Kier alpha value is -2.96. The average Bonchev–Trinajstić information content (AvgIpc) is 3.23. The fraction of sp³-hybridized carbons (Fsp3) is 0.0455. The van der Waals surface area contributed by atoms with E-state index in [0.717, 1.165) is 22.4 Å². The van der Waals surface area contributed by atoms with Gasteiger partial charge in [0, 0.05) is 17.1 Å². The Kier molecular flexibility index (Phi) is 5.50. The van der Waals surface area contributed by atoms with E-state index in [2.05, 4.69) is 39.6 Å². The highest BCUT2D eigenvalue weighted by Crippen LogP contribution is 2.29. The molecule has 0 aliphatic carbocycles. The van der Waals surface area contributed by atoms with Gasteiger partial charge in [0.05, 0.1) is 11.3 Å². The van der Waals surface area contributed by atoms with Gasteiger partial charge in [-0.25, -0.2) is 9.97 Å². The van der Waals surface area contributed by atoms with Crippen LogP contribution in [0.5, 0.6) is 0 Å². The maximum atomic E-state index is 12.6. The van der Waals surface area contributed by atoms with Gasteiger partial charge in [0.2, 0.25) is 0 Å². The number of anilines is 1. The van der Waals surface area contributed by atoms with Crippen molar-refractivity contribution in [1.82, 2.24) is 9.97 Å². The Morgan fingerprint density at radius 1 is 0.964 bits per heavy atom. The van der Waals surface area contributed by atoms with Crippen molar-refractivity contribution in [1.29, 1.82) is 0 Å². The van der Waals surface area contributed by atoms with Crippen LogP contribution in [0, 0.1) is 0 Å². The third-order valence-electron chi connectivity index (χ3n) is 4.20. The molecule has 0 fully saturated rings. The molecule has 138 valence electrons. The molecule has 28 heavy (non-hydrogen) atoms. The second kappa shape index (κ2) is 8.37. The minimum absolute atomic E-state index is 0.198. The van der Waals surface area contributed by atoms with Crippen LogP contribution in [-0.2, 0) is 0 Å². The lowest BCUT2D eigenvalue weighted by molar-refractivity contribution is 0.102. The molecule has 1 N–H and O–H groups in total. The highest BCUT2D eigenvalue weighted by Gasteiger charge is 2.14. The first-order valence-electron chi connectivity index (χ1n) is 8.66. The molecule has 0 saturated heterocycles. The topological polar surface area (TPSA) is 54.9 Å². The second-order valence-electron chi connectivity index (χ2n) is 6.00. The largest absolute Gasteiger partial charge is 0.298 e. The van der Waals surface area contributed by atoms with Crippen molar-refractivity contribution in [3.05, 3.63) is 83.9 Å². The molecular weight excluding hydrogens is 386 g/mol. The van der Waals surface area contributed by atoms with E-state index < -0.39 is 0 Å². The van der Waals surface area contributed by atoms with Gasteiger partial charge in [0.25, 0.3) is 5.91 Å². The van der Waals surface area contributed by atoms with E-state index in [9.17, 15) is 4.79 Å². The molecular formula is C22H17N3OS2. The van der Waals surface area contributed by atoms with Crippen molar-refractivity contribution < 1.29 is 4.79 Å². The van der Waals surface area contributed by atoms with Crippen molar-refractivity contribution in [3.63, 3.8) is 0 Å². The molecule has 0 aliphatic rings. The number of hydrogen-bond acceptors (Lipinski definition) is 5. The number of rotatable bonds is 5. The summed E-state index contributed by atoms with van der Waals surface area (Å²) in [4.78, 5) is 21.4. The van der Waals surface area contributed by atoms with Crippen LogP contribution in [0.1, 0.15) is 10.4 Å². The number of nitrogens with zero attached hydrogens (tertiary/aromatic N) is 2. The molecule has 0 radical (unpaired) electrons. The van der Waals surface area contributed by atoms with Gasteiger partial charge < -0.3 is 0 Å². The molecule has 0 atom stereocenters. The standard InChI is InChI=1S/C22H17N3OS2/c1-27-21-18(11-6-12-23-21)20(26)25-22-24-19(14-28-22)17-10-5-9-16(13-17)15-7-3-2-4-8-15/h2-14H,1H3,(H,24,25,26). The summed E-state index contributed by atoms with van der Waals surface area (Å²) in [5, 5.41) is 6.11. The molecule has 4 nitrogen and oxygen atoms in total. The van der Waals surface area contributed by atoms with Gasteiger partial charge >= 0.3 is 0 Å². The van der Waals surface area contributed by atoms with Gasteiger partial charge in [-0.3, -0.25) is 10.1 Å². The highest BCUT2D eigenvalue weighted by molar-refractivity contribution is 7.98. The molecule has 2 aromatic heterocycles. The van der Waals surface area contributed by atoms with E-state index in [1.54, 1.807) is 18.3 Å². The van der Waals surface area contributed by atoms with Crippen LogP contribution in [0.15, 0.2) is 83.3 Å². The van der Waals surface area contributed by atoms with Gasteiger partial charge in [-0.05, 0) is 35.6 Å². The van der Waals surface area contributed by atoms with Crippen LogP contribution >= 0.6 is 23.1 Å². The molecule has 2 aromatic carbocycles. The molecule has 4 rings (SSSR count). The number of carbonyl (C=O) groups excluding carboxylic acids is 1. The molecule has 0 unspecified atom stereocenters. The molecule has 0 bridgehead atoms. The maximum absolute atomic E-state index is 12.6. The fourth-order valence-electron chi connectivity index (χ4n) is 2.84. The summed E-state index contributed by atoms with van der Waals surface area (Å²) < 4.78 is 0. The number of hydrogen-bond donors (Lipinski definition) is 1. The lowest BCUT2D eigenvalue weighted by Crippen LogP contribution is -2.13. The van der Waals surface area contributed by atoms with Crippen LogP contribution in [-0.4, -0.2) is 22.1 Å². The predicted octanol–water partition coefficient (Wildman–Crippen LogP) is 5.85. The third-order valence-corrected chi connectivity index (χ3v) is 5.67. The number of thiazole rings is 1. The Labute approximate surface area is 171 Å². The molecule has 4 aromatic rings. The summed E-state index contributed by atoms with van der Waals surface area (Å²) in [7, 11) is 0. The number of amides is 1. The van der Waals surface area contributed by atoms with Crippen molar-refractivity contribution >= 4 is 34.1 Å². The zero-order valence-corrected chi connectivity index (χ0v) is 16.8. The lowest BCUT2D eigenvalue weighted by Gasteiger charge is -2.05. The lowest BCUT2D eigenvalue weighted by atomic mass is 10.0. The van der Waals surface area contributed by atoms with Gasteiger partial charge in [-0.1, -0.05) is 48.5 Å². The molecule has 0 spiro atoms. The smallest absolute Gasteiger partial charge is 0.260 e. The van der Waals surface area contributed by atoms with Crippen molar-refractivity contribution in [2.75, 3.05) is 11.6 Å². The second-order valence-corrected chi connectivity index (χ2v) is 7.65. The average molecular weight is 404 g/mol. The van der Waals surface area contributed by atoms with Gasteiger partial charge in [0.1, 0.15) is 5.03 Å². The quantitative estimate of drug-likeness (QED) is 0.425. The number of thioether (sulfide) groups is 1. The first kappa shape index (κ1) is 18.4. The third kappa shape index (κ3) is 3.98. The van der Waals surface area contributed by atoms with E-state index >= 15 is 0 Å². The Morgan fingerprint density at radius 3 is 2.57 bits per heavy atom. The summed E-state index contributed by atoms with van der Waals surface area (Å²) in [6.45, 7) is 0. The van der Waals surface area contributed by atoms with E-state index in [1.807, 2.05) is 42.0 Å². The zero-order valence-electron chi connectivity index (χ0n) is 15.1. The van der Waals surface area contributed by atoms with Crippen LogP contribution in [0.25, 0.3) is 22.4 Å². The molecule has 0 aliphatic heterocycles. The molecule has 0 saturated carbocycles. The molecule has 1 amide bonds. The van der Waals surface area contributed by atoms with E-state index in [0.29, 0.717) is 15.7 Å². The van der Waals surface area contributed by atoms with Crippen LogP contribution in [0.3, 0.4) is 0 Å². The van der Waals surface area contributed by atoms with Crippen LogP contribution in [0.2, 0.25) is 0 Å². The normalized spacial score (nSPS) is 10.6. The summed E-state index contributed by atoms with van der Waals surface area (Å²) in [6, 6.07) is 22.0. The van der Waals surface area contributed by atoms with Crippen LogP contribution < -0.4 is 5.32 Å². The zero-order chi connectivity index (χ0) is 19.3. The van der Waals surface area contributed by atoms with Crippen molar-refractivity contribution in [3.8, 4) is 22.4 Å². The van der Waals surface area contributed by atoms with E-state index in [1.165, 1.54) is 23.1 Å². The van der Waals surface area contributed by atoms with Gasteiger partial charge in [-0.15, -0.1) is 23.1 Å². The Morgan fingerprint density at radius 2 is 1.75 bits per heavy atom. The summed E-state index contributed by atoms with van der Waals surface area (Å²) >= 11 is 2.86. The van der Waals surface area contributed by atoms with Gasteiger partial charge in [0.15, 0.2) is 5.13 Å². The molecule has 2 heterocycles. The summed E-state index contributed by atoms with van der Waals surface area (Å²) in [5.41, 5.74) is 4.71. The first-order valence-corrected chi connectivity index (χ1v) is 10.8. The van der Waals surface area contributed by atoms with Crippen LogP contribution in [0.4, 0.5) is 5.13 Å². The minimum atomic E-state index is -0.198. The predicted molar refractivity (Wildman–Crippen MR) is 117 cm³/mol. The Bertz CT molecular complexity index is 1110. The number of nitrogens with one attached hydrogen (secondary N) is 1. The summed E-state index contributed by atoms with van der Waals surface area (Å²) in [6.07, 6.45) is 3.59. The van der Waals surface area contributed by atoms with E-state index in [4.69, 9.17) is 0 Å². The van der Waals surface area contributed by atoms with E-state index in [-0.39, 0.29) is 5.91 Å². The maximum Gasteiger partial charge on any atom is 0.260 e. The fourth-order valence-corrected chi connectivity index (χ4v) is 4.10. The van der Waals surface area contributed by atoms with Crippen molar-refractivity contribution in [2.24, 2.45) is 0 Å². The highest BCUT2D eigenvalue weighted by atomic mass is 32.2. The molecule has 6 heteroatoms.